The Hall–Kier alpha value is -1.10. The second-order valence-electron chi connectivity index (χ2n) is 4.16. The zero-order valence-electron chi connectivity index (χ0n) is 9.62. The Bertz CT molecular complexity index is 253. The Morgan fingerprint density at radius 1 is 1.60 bits per heavy atom. The first kappa shape index (κ1) is 12.0. The molecule has 1 atom stereocenters. The summed E-state index contributed by atoms with van der Waals surface area (Å²) in [5, 5.41) is 2.58. The fourth-order valence-corrected chi connectivity index (χ4v) is 1.69. The molecule has 0 spiro atoms. The fourth-order valence-electron chi connectivity index (χ4n) is 1.69. The van der Waals surface area contributed by atoms with Crippen molar-refractivity contribution in [3.8, 4) is 0 Å². The van der Waals surface area contributed by atoms with Crippen molar-refractivity contribution >= 4 is 11.8 Å². The molecule has 0 aliphatic carbocycles. The van der Waals surface area contributed by atoms with E-state index in [1.807, 2.05) is 19.0 Å². The lowest BCUT2D eigenvalue weighted by Crippen LogP contribution is -2.34. The third kappa shape index (κ3) is 3.20. The van der Waals surface area contributed by atoms with Crippen LogP contribution in [0.3, 0.4) is 0 Å². The van der Waals surface area contributed by atoms with Crippen LogP contribution in [0.5, 0.6) is 0 Å². The number of likely N-dealkylation sites (tertiary alicyclic amines) is 1. The first-order chi connectivity index (χ1) is 7.04. The minimum absolute atomic E-state index is 0.0318. The van der Waals surface area contributed by atoms with E-state index in [1.54, 1.807) is 11.9 Å². The molecule has 1 aliphatic rings. The summed E-state index contributed by atoms with van der Waals surface area (Å²) in [6.45, 7) is 2.11. The van der Waals surface area contributed by atoms with Crippen molar-refractivity contribution < 1.29 is 9.59 Å². The smallest absolute Gasteiger partial charge is 0.225 e. The Morgan fingerprint density at radius 2 is 2.27 bits per heavy atom. The molecule has 1 aliphatic heterocycles. The van der Waals surface area contributed by atoms with Crippen molar-refractivity contribution in [2.24, 2.45) is 5.92 Å². The van der Waals surface area contributed by atoms with Crippen LogP contribution in [0, 0.1) is 5.92 Å². The summed E-state index contributed by atoms with van der Waals surface area (Å²) in [6, 6.07) is 0. The number of carbonyl (C=O) groups excluding carboxylic acids is 2. The lowest BCUT2D eigenvalue weighted by molar-refractivity contribution is -0.129. The molecule has 86 valence electrons. The molecule has 1 heterocycles. The van der Waals surface area contributed by atoms with Gasteiger partial charge in [0.1, 0.15) is 0 Å². The van der Waals surface area contributed by atoms with Gasteiger partial charge in [0.05, 0.1) is 5.92 Å². The van der Waals surface area contributed by atoms with Gasteiger partial charge in [-0.1, -0.05) is 0 Å². The number of rotatable bonds is 4. The largest absolute Gasteiger partial charge is 0.359 e. The lowest BCUT2D eigenvalue weighted by atomic mass is 10.1. The molecule has 1 rings (SSSR count). The van der Waals surface area contributed by atoms with E-state index in [1.165, 1.54) is 0 Å². The maximum absolute atomic E-state index is 11.5. The molecule has 1 saturated heterocycles. The van der Waals surface area contributed by atoms with Gasteiger partial charge >= 0.3 is 0 Å². The van der Waals surface area contributed by atoms with Crippen molar-refractivity contribution in [2.75, 3.05) is 40.8 Å². The predicted molar refractivity (Wildman–Crippen MR) is 57.3 cm³/mol. The second-order valence-corrected chi connectivity index (χ2v) is 4.16. The maximum atomic E-state index is 11.5. The standard InChI is InChI=1S/C10H19N3O2/c1-11-10(15)8-6-9(14)13(7-8)5-4-12(2)3/h8H,4-7H2,1-3H3,(H,11,15). The molecule has 15 heavy (non-hydrogen) atoms. The van der Waals surface area contributed by atoms with Crippen molar-refractivity contribution in [1.82, 2.24) is 15.1 Å². The number of hydrogen-bond donors (Lipinski definition) is 1. The van der Waals surface area contributed by atoms with Crippen LogP contribution in [-0.4, -0.2) is 62.4 Å². The highest BCUT2D eigenvalue weighted by molar-refractivity contribution is 5.89. The Morgan fingerprint density at radius 3 is 2.80 bits per heavy atom. The van der Waals surface area contributed by atoms with Crippen LogP contribution in [0.2, 0.25) is 0 Å². The predicted octanol–water partition coefficient (Wildman–Crippen LogP) is -0.857. The lowest BCUT2D eigenvalue weighted by Gasteiger charge is -2.18. The summed E-state index contributed by atoms with van der Waals surface area (Å²) in [7, 11) is 5.54. The molecule has 5 heteroatoms. The summed E-state index contributed by atoms with van der Waals surface area (Å²) < 4.78 is 0. The fraction of sp³-hybridized carbons (Fsp3) is 0.800. The third-order valence-corrected chi connectivity index (χ3v) is 2.65. The van der Waals surface area contributed by atoms with Crippen LogP contribution in [0.15, 0.2) is 0 Å². The van der Waals surface area contributed by atoms with E-state index < -0.39 is 0 Å². The van der Waals surface area contributed by atoms with Crippen LogP contribution in [0.25, 0.3) is 0 Å². The SMILES string of the molecule is CNC(=O)C1CC(=O)N(CCN(C)C)C1. The molecule has 1 N–H and O–H groups in total. The Kier molecular flexibility index (Phi) is 4.08. The molecular weight excluding hydrogens is 194 g/mol. The van der Waals surface area contributed by atoms with Gasteiger partial charge in [-0.15, -0.1) is 0 Å². The highest BCUT2D eigenvalue weighted by Crippen LogP contribution is 2.17. The van der Waals surface area contributed by atoms with Crippen molar-refractivity contribution in [1.29, 1.82) is 0 Å². The zero-order chi connectivity index (χ0) is 11.4. The monoisotopic (exact) mass is 213 g/mol. The van der Waals surface area contributed by atoms with Gasteiger partial charge in [0.25, 0.3) is 0 Å². The topological polar surface area (TPSA) is 52.7 Å². The molecule has 0 aromatic rings. The molecule has 0 radical (unpaired) electrons. The van der Waals surface area contributed by atoms with E-state index in [0.29, 0.717) is 19.5 Å². The van der Waals surface area contributed by atoms with Gasteiger partial charge < -0.3 is 15.1 Å². The molecule has 1 unspecified atom stereocenters. The van der Waals surface area contributed by atoms with Crippen molar-refractivity contribution in [2.45, 2.75) is 6.42 Å². The Balaban J connectivity index is 2.42. The normalized spacial score (nSPS) is 21.2. The minimum Gasteiger partial charge on any atom is -0.359 e. The van der Waals surface area contributed by atoms with Crippen molar-refractivity contribution in [3.05, 3.63) is 0 Å². The van der Waals surface area contributed by atoms with Gasteiger partial charge in [-0.25, -0.2) is 0 Å². The maximum Gasteiger partial charge on any atom is 0.225 e. The van der Waals surface area contributed by atoms with Gasteiger partial charge in [0.2, 0.25) is 11.8 Å². The Labute approximate surface area is 90.4 Å². The molecular formula is C10H19N3O2. The van der Waals surface area contributed by atoms with Crippen LogP contribution in [0.1, 0.15) is 6.42 Å². The van der Waals surface area contributed by atoms with Crippen molar-refractivity contribution in [3.63, 3.8) is 0 Å². The third-order valence-electron chi connectivity index (χ3n) is 2.65. The number of nitrogens with one attached hydrogen (secondary N) is 1. The zero-order valence-corrected chi connectivity index (χ0v) is 9.62. The molecule has 1 fully saturated rings. The summed E-state index contributed by atoms with van der Waals surface area (Å²) in [5.74, 6) is -0.106. The average molecular weight is 213 g/mol. The second kappa shape index (κ2) is 5.11. The molecule has 0 aromatic heterocycles. The minimum atomic E-state index is -0.162. The number of nitrogens with zero attached hydrogens (tertiary/aromatic N) is 2. The van der Waals surface area contributed by atoms with Crippen LogP contribution in [-0.2, 0) is 9.59 Å². The van der Waals surface area contributed by atoms with E-state index in [9.17, 15) is 9.59 Å². The number of amides is 2. The van der Waals surface area contributed by atoms with E-state index in [2.05, 4.69) is 5.32 Å². The average Bonchev–Trinajstić information content (AvgIpc) is 2.55. The van der Waals surface area contributed by atoms with Crippen LogP contribution < -0.4 is 5.32 Å². The highest BCUT2D eigenvalue weighted by atomic mass is 16.2. The van der Waals surface area contributed by atoms with E-state index in [4.69, 9.17) is 0 Å². The summed E-state index contributed by atoms with van der Waals surface area (Å²) >= 11 is 0. The van der Waals surface area contributed by atoms with Crippen LogP contribution in [0.4, 0.5) is 0 Å². The molecule has 0 aromatic carbocycles. The summed E-state index contributed by atoms with van der Waals surface area (Å²) in [5.41, 5.74) is 0. The summed E-state index contributed by atoms with van der Waals surface area (Å²) in [6.07, 6.45) is 0.354. The highest BCUT2D eigenvalue weighted by Gasteiger charge is 2.33. The summed E-state index contributed by atoms with van der Waals surface area (Å²) in [4.78, 5) is 26.7. The van der Waals surface area contributed by atoms with E-state index in [-0.39, 0.29) is 17.7 Å². The van der Waals surface area contributed by atoms with Gasteiger partial charge in [0.15, 0.2) is 0 Å². The van der Waals surface area contributed by atoms with Gasteiger partial charge in [-0.05, 0) is 14.1 Å². The molecule has 5 nitrogen and oxygen atoms in total. The molecule has 0 saturated carbocycles. The number of hydrogen-bond acceptors (Lipinski definition) is 3. The first-order valence-corrected chi connectivity index (χ1v) is 5.18. The number of carbonyl (C=O) groups is 2. The van der Waals surface area contributed by atoms with Gasteiger partial charge in [-0.2, -0.15) is 0 Å². The molecule has 0 bridgehead atoms. The van der Waals surface area contributed by atoms with Gasteiger partial charge in [0, 0.05) is 33.1 Å². The van der Waals surface area contributed by atoms with Crippen LogP contribution >= 0.6 is 0 Å². The van der Waals surface area contributed by atoms with Gasteiger partial charge in [-0.3, -0.25) is 9.59 Å². The van der Waals surface area contributed by atoms with E-state index in [0.717, 1.165) is 6.54 Å². The van der Waals surface area contributed by atoms with E-state index >= 15 is 0 Å². The molecule has 2 amide bonds. The first-order valence-electron chi connectivity index (χ1n) is 5.18. The quantitative estimate of drug-likeness (QED) is 0.661. The number of likely N-dealkylation sites (N-methyl/N-ethyl adjacent to an activating group) is 1.